The SMILES string of the molecule is COc1cnc(CSc2nnnn2C)cc1OCC(=O)NC(C)C. The second-order valence-electron chi connectivity index (χ2n) is 5.21. The van der Waals surface area contributed by atoms with Gasteiger partial charge in [0.15, 0.2) is 18.1 Å². The van der Waals surface area contributed by atoms with E-state index in [1.807, 2.05) is 13.8 Å². The van der Waals surface area contributed by atoms with E-state index in [1.54, 1.807) is 24.0 Å². The molecule has 0 saturated carbocycles. The Morgan fingerprint density at radius 2 is 2.21 bits per heavy atom. The van der Waals surface area contributed by atoms with E-state index in [2.05, 4.69) is 25.8 Å². The summed E-state index contributed by atoms with van der Waals surface area (Å²) in [6.07, 6.45) is 1.57. The fraction of sp³-hybridized carbons (Fsp3) is 0.500. The Bertz CT molecular complexity index is 691. The van der Waals surface area contributed by atoms with E-state index < -0.39 is 0 Å². The van der Waals surface area contributed by atoms with Gasteiger partial charge in [-0.1, -0.05) is 11.8 Å². The molecule has 0 saturated heterocycles. The number of nitrogens with zero attached hydrogens (tertiary/aromatic N) is 5. The summed E-state index contributed by atoms with van der Waals surface area (Å²) in [5, 5.41) is 14.7. The average Bonchev–Trinajstić information content (AvgIpc) is 2.95. The number of aromatic nitrogens is 5. The van der Waals surface area contributed by atoms with Crippen LogP contribution in [0.5, 0.6) is 11.5 Å². The Kier molecular flexibility index (Phi) is 6.36. The van der Waals surface area contributed by atoms with Gasteiger partial charge in [0.2, 0.25) is 5.16 Å². The van der Waals surface area contributed by atoms with Crippen LogP contribution in [0.15, 0.2) is 17.4 Å². The molecule has 0 fully saturated rings. The summed E-state index contributed by atoms with van der Waals surface area (Å²) in [4.78, 5) is 16.0. The van der Waals surface area contributed by atoms with Crippen LogP contribution >= 0.6 is 11.8 Å². The summed E-state index contributed by atoms with van der Waals surface area (Å²) >= 11 is 1.45. The van der Waals surface area contributed by atoms with Gasteiger partial charge >= 0.3 is 0 Å². The maximum atomic E-state index is 11.7. The molecule has 0 radical (unpaired) electrons. The lowest BCUT2D eigenvalue weighted by Crippen LogP contribution is -2.34. The molecule has 10 heteroatoms. The van der Waals surface area contributed by atoms with Crippen molar-refractivity contribution in [1.29, 1.82) is 0 Å². The number of tetrazole rings is 1. The fourth-order valence-corrected chi connectivity index (χ4v) is 2.55. The van der Waals surface area contributed by atoms with Gasteiger partial charge in [-0.2, -0.15) is 0 Å². The van der Waals surface area contributed by atoms with Crippen LogP contribution in [0.25, 0.3) is 0 Å². The summed E-state index contributed by atoms with van der Waals surface area (Å²) < 4.78 is 12.4. The fourth-order valence-electron chi connectivity index (χ4n) is 1.80. The maximum Gasteiger partial charge on any atom is 0.258 e. The number of aryl methyl sites for hydroxylation is 1. The molecule has 2 aromatic heterocycles. The number of nitrogens with one attached hydrogen (secondary N) is 1. The van der Waals surface area contributed by atoms with Crippen LogP contribution in [0.4, 0.5) is 0 Å². The van der Waals surface area contributed by atoms with Gasteiger partial charge in [0.1, 0.15) is 0 Å². The molecule has 2 heterocycles. The zero-order valence-electron chi connectivity index (χ0n) is 14.0. The molecular weight excluding hydrogens is 332 g/mol. The van der Waals surface area contributed by atoms with Gasteiger partial charge in [-0.25, -0.2) is 4.68 Å². The number of hydrogen-bond acceptors (Lipinski definition) is 8. The van der Waals surface area contributed by atoms with Crippen LogP contribution in [-0.4, -0.2) is 50.9 Å². The lowest BCUT2D eigenvalue weighted by Gasteiger charge is -2.13. The zero-order chi connectivity index (χ0) is 17.5. The third kappa shape index (κ3) is 5.08. The number of rotatable bonds is 8. The Balaban J connectivity index is 2.01. The van der Waals surface area contributed by atoms with E-state index in [4.69, 9.17) is 9.47 Å². The van der Waals surface area contributed by atoms with Gasteiger partial charge < -0.3 is 14.8 Å². The van der Waals surface area contributed by atoms with Crippen molar-refractivity contribution in [1.82, 2.24) is 30.5 Å². The minimum Gasteiger partial charge on any atom is -0.491 e. The van der Waals surface area contributed by atoms with Crippen molar-refractivity contribution in [3.63, 3.8) is 0 Å². The van der Waals surface area contributed by atoms with Gasteiger partial charge in [0, 0.05) is 24.9 Å². The standard InChI is InChI=1S/C14H20N6O3S/c1-9(2)16-13(21)7-23-11-5-10(15-6-12(11)22-4)8-24-14-17-18-19-20(14)3/h5-6,9H,7-8H2,1-4H3,(H,16,21). The number of ether oxygens (including phenoxy) is 2. The Morgan fingerprint density at radius 1 is 1.42 bits per heavy atom. The van der Waals surface area contributed by atoms with E-state index in [0.717, 1.165) is 5.69 Å². The van der Waals surface area contributed by atoms with Gasteiger partial charge in [0.25, 0.3) is 5.91 Å². The lowest BCUT2D eigenvalue weighted by molar-refractivity contribution is -0.123. The topological polar surface area (TPSA) is 104 Å². The Morgan fingerprint density at radius 3 is 2.83 bits per heavy atom. The molecule has 130 valence electrons. The normalized spacial score (nSPS) is 10.7. The number of methoxy groups -OCH3 is 1. The first-order chi connectivity index (χ1) is 11.5. The predicted octanol–water partition coefficient (Wildman–Crippen LogP) is 0.809. The zero-order valence-corrected chi connectivity index (χ0v) is 14.8. The molecule has 0 aromatic carbocycles. The van der Waals surface area contributed by atoms with Crippen LogP contribution in [0.3, 0.4) is 0 Å². The van der Waals surface area contributed by atoms with E-state index in [1.165, 1.54) is 18.9 Å². The van der Waals surface area contributed by atoms with Gasteiger partial charge in [0.05, 0.1) is 19.0 Å². The number of carbonyl (C=O) groups excluding carboxylic acids is 1. The molecule has 2 rings (SSSR count). The molecule has 0 aliphatic heterocycles. The molecule has 0 aliphatic rings. The van der Waals surface area contributed by atoms with E-state index in [9.17, 15) is 4.79 Å². The number of carbonyl (C=O) groups is 1. The summed E-state index contributed by atoms with van der Waals surface area (Å²) in [6, 6.07) is 1.81. The first-order valence-corrected chi connectivity index (χ1v) is 8.28. The van der Waals surface area contributed by atoms with E-state index >= 15 is 0 Å². The second-order valence-corrected chi connectivity index (χ2v) is 6.15. The first kappa shape index (κ1) is 18.0. The third-order valence-corrected chi connectivity index (χ3v) is 3.89. The van der Waals surface area contributed by atoms with Crippen molar-refractivity contribution in [2.45, 2.75) is 30.8 Å². The first-order valence-electron chi connectivity index (χ1n) is 7.29. The predicted molar refractivity (Wildman–Crippen MR) is 87.9 cm³/mol. The molecule has 0 bridgehead atoms. The monoisotopic (exact) mass is 352 g/mol. The van der Waals surface area contributed by atoms with Crippen LogP contribution in [0, 0.1) is 0 Å². The molecule has 0 spiro atoms. The van der Waals surface area contributed by atoms with Crippen molar-refractivity contribution in [3.8, 4) is 11.5 Å². The second kappa shape index (κ2) is 8.48. The number of amides is 1. The van der Waals surface area contributed by atoms with Crippen LogP contribution in [-0.2, 0) is 17.6 Å². The smallest absolute Gasteiger partial charge is 0.258 e. The van der Waals surface area contributed by atoms with Crippen LogP contribution in [0.1, 0.15) is 19.5 Å². The molecule has 9 nitrogen and oxygen atoms in total. The van der Waals surface area contributed by atoms with Gasteiger partial charge in [-0.15, -0.1) is 5.10 Å². The summed E-state index contributed by atoms with van der Waals surface area (Å²) in [7, 11) is 3.30. The molecule has 24 heavy (non-hydrogen) atoms. The summed E-state index contributed by atoms with van der Waals surface area (Å²) in [5.41, 5.74) is 0.767. The van der Waals surface area contributed by atoms with Crippen LogP contribution in [0.2, 0.25) is 0 Å². The minimum atomic E-state index is -0.190. The number of hydrogen-bond donors (Lipinski definition) is 1. The summed E-state index contributed by atoms with van der Waals surface area (Å²) in [6.45, 7) is 3.70. The summed E-state index contributed by atoms with van der Waals surface area (Å²) in [5.74, 6) is 1.32. The highest BCUT2D eigenvalue weighted by Gasteiger charge is 2.12. The van der Waals surface area contributed by atoms with E-state index in [-0.39, 0.29) is 18.6 Å². The highest BCUT2D eigenvalue weighted by atomic mass is 32.2. The molecule has 0 aliphatic carbocycles. The van der Waals surface area contributed by atoms with Crippen molar-refractivity contribution >= 4 is 17.7 Å². The molecular formula is C14H20N6O3S. The van der Waals surface area contributed by atoms with Crippen LogP contribution < -0.4 is 14.8 Å². The van der Waals surface area contributed by atoms with Crippen molar-refractivity contribution in [2.75, 3.05) is 13.7 Å². The van der Waals surface area contributed by atoms with Crippen molar-refractivity contribution in [2.24, 2.45) is 7.05 Å². The highest BCUT2D eigenvalue weighted by Crippen LogP contribution is 2.28. The minimum absolute atomic E-state index is 0.0624. The Hall–Kier alpha value is -2.36. The highest BCUT2D eigenvalue weighted by molar-refractivity contribution is 7.98. The number of thioether (sulfide) groups is 1. The molecule has 2 aromatic rings. The third-order valence-electron chi connectivity index (χ3n) is 2.85. The Labute approximate surface area is 144 Å². The lowest BCUT2D eigenvalue weighted by atomic mass is 10.3. The van der Waals surface area contributed by atoms with E-state index in [0.29, 0.717) is 22.4 Å². The largest absolute Gasteiger partial charge is 0.491 e. The molecule has 0 unspecified atom stereocenters. The van der Waals surface area contributed by atoms with Crippen molar-refractivity contribution in [3.05, 3.63) is 18.0 Å². The van der Waals surface area contributed by atoms with Crippen molar-refractivity contribution < 1.29 is 14.3 Å². The molecule has 0 atom stereocenters. The molecule has 1 N–H and O–H groups in total. The maximum absolute atomic E-state index is 11.7. The van der Waals surface area contributed by atoms with Gasteiger partial charge in [-0.3, -0.25) is 9.78 Å². The average molecular weight is 352 g/mol. The number of pyridine rings is 1. The molecule has 1 amide bonds. The van der Waals surface area contributed by atoms with Gasteiger partial charge in [-0.05, 0) is 24.3 Å². The quantitative estimate of drug-likeness (QED) is 0.696.